The van der Waals surface area contributed by atoms with Crippen LogP contribution in [-0.4, -0.2) is 15.2 Å². The molecule has 1 aromatic heterocycles. The number of hydrogen-bond donors (Lipinski definition) is 1. The van der Waals surface area contributed by atoms with Crippen LogP contribution in [0.4, 0.5) is 5.95 Å². The van der Waals surface area contributed by atoms with Gasteiger partial charge in [0.1, 0.15) is 0 Å². The highest BCUT2D eigenvalue weighted by Crippen LogP contribution is 2.16. The van der Waals surface area contributed by atoms with Crippen molar-refractivity contribution in [3.05, 3.63) is 45.7 Å². The Balaban J connectivity index is 2.08. The van der Waals surface area contributed by atoms with E-state index in [9.17, 15) is 0 Å². The standard InChI is InChI=1S/C12H13BrN4/c1-8-9(2)16-17-12(15-8)14-7-10-5-3-4-6-11(10)13/h3-6H,7H2,1-2H3,(H,14,15,17). The fourth-order valence-corrected chi connectivity index (χ4v) is 1.77. The molecule has 1 aromatic carbocycles. The quantitative estimate of drug-likeness (QED) is 0.945. The zero-order valence-electron chi connectivity index (χ0n) is 9.74. The topological polar surface area (TPSA) is 50.7 Å². The Morgan fingerprint density at radius 3 is 2.59 bits per heavy atom. The van der Waals surface area contributed by atoms with Crippen LogP contribution in [0.1, 0.15) is 17.0 Å². The summed E-state index contributed by atoms with van der Waals surface area (Å²) < 4.78 is 1.07. The Morgan fingerprint density at radius 2 is 1.88 bits per heavy atom. The molecule has 0 atom stereocenters. The first-order valence-corrected chi connectivity index (χ1v) is 6.11. The van der Waals surface area contributed by atoms with Gasteiger partial charge in [-0.15, -0.1) is 5.10 Å². The predicted octanol–water partition coefficient (Wildman–Crippen LogP) is 2.86. The van der Waals surface area contributed by atoms with Gasteiger partial charge in [0.05, 0.1) is 11.4 Å². The molecule has 0 bridgehead atoms. The second-order valence-electron chi connectivity index (χ2n) is 3.75. The van der Waals surface area contributed by atoms with Crippen molar-refractivity contribution in [2.24, 2.45) is 0 Å². The third-order valence-electron chi connectivity index (χ3n) is 2.49. The average molecular weight is 293 g/mol. The third-order valence-corrected chi connectivity index (χ3v) is 3.26. The van der Waals surface area contributed by atoms with Crippen molar-refractivity contribution in [2.75, 3.05) is 5.32 Å². The Morgan fingerprint density at radius 1 is 1.12 bits per heavy atom. The van der Waals surface area contributed by atoms with Crippen LogP contribution in [0, 0.1) is 13.8 Å². The van der Waals surface area contributed by atoms with E-state index >= 15 is 0 Å². The first-order valence-electron chi connectivity index (χ1n) is 5.32. The fraction of sp³-hybridized carbons (Fsp3) is 0.250. The van der Waals surface area contributed by atoms with Crippen molar-refractivity contribution in [1.29, 1.82) is 0 Å². The van der Waals surface area contributed by atoms with Gasteiger partial charge in [0, 0.05) is 11.0 Å². The number of anilines is 1. The number of aryl methyl sites for hydroxylation is 2. The molecule has 4 nitrogen and oxygen atoms in total. The van der Waals surface area contributed by atoms with Gasteiger partial charge in [0.15, 0.2) is 0 Å². The highest BCUT2D eigenvalue weighted by atomic mass is 79.9. The molecule has 0 amide bonds. The van der Waals surface area contributed by atoms with Gasteiger partial charge in [-0.05, 0) is 25.5 Å². The van der Waals surface area contributed by atoms with Gasteiger partial charge in [-0.2, -0.15) is 5.10 Å². The molecule has 0 unspecified atom stereocenters. The molecule has 2 aromatic rings. The van der Waals surface area contributed by atoms with Crippen LogP contribution in [0.25, 0.3) is 0 Å². The highest BCUT2D eigenvalue weighted by Gasteiger charge is 2.02. The van der Waals surface area contributed by atoms with Gasteiger partial charge in [-0.1, -0.05) is 34.1 Å². The normalized spacial score (nSPS) is 10.3. The number of rotatable bonds is 3. The smallest absolute Gasteiger partial charge is 0.243 e. The molecule has 0 aliphatic heterocycles. The molecule has 5 heteroatoms. The summed E-state index contributed by atoms with van der Waals surface area (Å²) in [7, 11) is 0. The zero-order chi connectivity index (χ0) is 12.3. The van der Waals surface area contributed by atoms with Gasteiger partial charge in [0.2, 0.25) is 5.95 Å². The van der Waals surface area contributed by atoms with Crippen LogP contribution in [0.15, 0.2) is 28.7 Å². The number of benzene rings is 1. The van der Waals surface area contributed by atoms with E-state index in [4.69, 9.17) is 0 Å². The van der Waals surface area contributed by atoms with Gasteiger partial charge in [-0.3, -0.25) is 0 Å². The molecule has 1 heterocycles. The summed E-state index contributed by atoms with van der Waals surface area (Å²) in [6.45, 7) is 4.49. The number of nitrogens with zero attached hydrogens (tertiary/aromatic N) is 3. The Kier molecular flexibility index (Phi) is 3.68. The Bertz CT molecular complexity index is 528. The molecule has 0 radical (unpaired) electrons. The van der Waals surface area contributed by atoms with E-state index < -0.39 is 0 Å². The molecule has 1 N–H and O–H groups in total. The van der Waals surface area contributed by atoms with Crippen LogP contribution in [0.3, 0.4) is 0 Å². The second-order valence-corrected chi connectivity index (χ2v) is 4.61. The summed E-state index contributed by atoms with van der Waals surface area (Å²) in [5.74, 6) is 0.559. The van der Waals surface area contributed by atoms with E-state index in [1.54, 1.807) is 0 Å². The van der Waals surface area contributed by atoms with E-state index in [1.165, 1.54) is 0 Å². The first-order chi connectivity index (χ1) is 8.16. The van der Waals surface area contributed by atoms with E-state index in [0.29, 0.717) is 12.5 Å². The van der Waals surface area contributed by atoms with Crippen LogP contribution < -0.4 is 5.32 Å². The summed E-state index contributed by atoms with van der Waals surface area (Å²) in [5.41, 5.74) is 2.92. The minimum Gasteiger partial charge on any atom is -0.349 e. The summed E-state index contributed by atoms with van der Waals surface area (Å²) in [4.78, 5) is 4.32. The average Bonchev–Trinajstić information content (AvgIpc) is 2.32. The number of aromatic nitrogens is 3. The molecule has 0 aliphatic carbocycles. The summed E-state index contributed by atoms with van der Waals surface area (Å²) in [5, 5.41) is 11.2. The molecule has 0 saturated carbocycles. The number of nitrogens with one attached hydrogen (secondary N) is 1. The molecule has 0 saturated heterocycles. The maximum atomic E-state index is 4.32. The Labute approximate surface area is 109 Å². The predicted molar refractivity (Wildman–Crippen MR) is 70.8 cm³/mol. The lowest BCUT2D eigenvalue weighted by atomic mass is 10.2. The van der Waals surface area contributed by atoms with Crippen molar-refractivity contribution >= 4 is 21.9 Å². The summed E-state index contributed by atoms with van der Waals surface area (Å²) in [6.07, 6.45) is 0. The van der Waals surface area contributed by atoms with Crippen molar-refractivity contribution in [3.8, 4) is 0 Å². The molecule has 0 aliphatic rings. The lowest BCUT2D eigenvalue weighted by molar-refractivity contribution is 0.885. The van der Waals surface area contributed by atoms with Gasteiger partial charge in [-0.25, -0.2) is 4.98 Å². The van der Waals surface area contributed by atoms with Crippen molar-refractivity contribution in [2.45, 2.75) is 20.4 Å². The van der Waals surface area contributed by atoms with Crippen LogP contribution in [0.5, 0.6) is 0 Å². The van der Waals surface area contributed by atoms with Crippen molar-refractivity contribution in [1.82, 2.24) is 15.2 Å². The largest absolute Gasteiger partial charge is 0.349 e. The first kappa shape index (κ1) is 12.0. The highest BCUT2D eigenvalue weighted by molar-refractivity contribution is 9.10. The SMILES string of the molecule is Cc1nnc(NCc2ccccc2Br)nc1C. The molecule has 88 valence electrons. The van der Waals surface area contributed by atoms with Gasteiger partial charge >= 0.3 is 0 Å². The minimum absolute atomic E-state index is 0.559. The van der Waals surface area contributed by atoms with Crippen molar-refractivity contribution < 1.29 is 0 Å². The maximum absolute atomic E-state index is 4.32. The summed E-state index contributed by atoms with van der Waals surface area (Å²) in [6, 6.07) is 8.05. The molecular formula is C12H13BrN4. The maximum Gasteiger partial charge on any atom is 0.243 e. The van der Waals surface area contributed by atoms with Gasteiger partial charge in [0.25, 0.3) is 0 Å². The van der Waals surface area contributed by atoms with E-state index in [-0.39, 0.29) is 0 Å². The van der Waals surface area contributed by atoms with Crippen molar-refractivity contribution in [3.63, 3.8) is 0 Å². The molecule has 2 rings (SSSR count). The molecule has 17 heavy (non-hydrogen) atoms. The zero-order valence-corrected chi connectivity index (χ0v) is 11.3. The Hall–Kier alpha value is -1.49. The van der Waals surface area contributed by atoms with Crippen LogP contribution in [-0.2, 0) is 6.54 Å². The lowest BCUT2D eigenvalue weighted by Gasteiger charge is -2.07. The monoisotopic (exact) mass is 292 g/mol. The lowest BCUT2D eigenvalue weighted by Crippen LogP contribution is -2.07. The van der Waals surface area contributed by atoms with Crippen LogP contribution >= 0.6 is 15.9 Å². The van der Waals surface area contributed by atoms with Crippen LogP contribution in [0.2, 0.25) is 0 Å². The fourth-order valence-electron chi connectivity index (χ4n) is 1.35. The van der Waals surface area contributed by atoms with E-state index in [0.717, 1.165) is 21.4 Å². The van der Waals surface area contributed by atoms with E-state index in [2.05, 4.69) is 36.4 Å². The summed E-state index contributed by atoms with van der Waals surface area (Å²) >= 11 is 3.50. The molecular weight excluding hydrogens is 280 g/mol. The molecule has 0 spiro atoms. The van der Waals surface area contributed by atoms with Gasteiger partial charge < -0.3 is 5.32 Å². The number of hydrogen-bond acceptors (Lipinski definition) is 4. The van der Waals surface area contributed by atoms with E-state index in [1.807, 2.05) is 38.1 Å². The third kappa shape index (κ3) is 3.00. The second kappa shape index (κ2) is 5.23. The number of halogens is 1. The minimum atomic E-state index is 0.559. The molecule has 0 fully saturated rings.